The van der Waals surface area contributed by atoms with Crippen LogP contribution in [0.4, 0.5) is 0 Å². The maximum atomic E-state index is 12.1. The molecule has 0 saturated heterocycles. The van der Waals surface area contributed by atoms with Gasteiger partial charge in [0.25, 0.3) is 0 Å². The van der Waals surface area contributed by atoms with Gasteiger partial charge < -0.3 is 10.4 Å². The molecule has 23 heavy (non-hydrogen) atoms. The lowest BCUT2D eigenvalue weighted by molar-refractivity contribution is -0.143. The van der Waals surface area contributed by atoms with Gasteiger partial charge in [0.2, 0.25) is 5.91 Å². The lowest BCUT2D eigenvalue weighted by Gasteiger charge is -2.19. The molecule has 0 fully saturated rings. The van der Waals surface area contributed by atoms with E-state index >= 15 is 0 Å². The molecule has 0 aliphatic carbocycles. The fourth-order valence-corrected chi connectivity index (χ4v) is 2.27. The van der Waals surface area contributed by atoms with Crippen molar-refractivity contribution in [3.05, 3.63) is 48.3 Å². The minimum Gasteiger partial charge on any atom is -0.480 e. The fourth-order valence-electron chi connectivity index (χ4n) is 2.27. The summed E-state index contributed by atoms with van der Waals surface area (Å²) in [5.74, 6) is -1.44. The average Bonchev–Trinajstić information content (AvgIpc) is 3.01. The Labute approximate surface area is 135 Å². The van der Waals surface area contributed by atoms with Crippen molar-refractivity contribution in [2.45, 2.75) is 32.7 Å². The zero-order chi connectivity index (χ0) is 16.8. The van der Waals surface area contributed by atoms with Gasteiger partial charge in [-0.3, -0.25) is 4.79 Å². The van der Waals surface area contributed by atoms with Crippen molar-refractivity contribution in [2.75, 3.05) is 0 Å². The number of rotatable bonds is 7. The average molecular weight is 315 g/mol. The number of nitrogens with zero attached hydrogens (tertiary/aromatic N) is 2. The first-order valence-corrected chi connectivity index (χ1v) is 7.62. The Morgan fingerprint density at radius 3 is 2.61 bits per heavy atom. The summed E-state index contributed by atoms with van der Waals surface area (Å²) in [6.45, 7) is 3.71. The summed E-state index contributed by atoms with van der Waals surface area (Å²) >= 11 is 0. The number of nitrogens with one attached hydrogen (secondary N) is 1. The van der Waals surface area contributed by atoms with Crippen molar-refractivity contribution in [1.82, 2.24) is 15.1 Å². The third-order valence-corrected chi connectivity index (χ3v) is 3.82. The molecule has 2 unspecified atom stereocenters. The highest BCUT2D eigenvalue weighted by molar-refractivity contribution is 5.84. The van der Waals surface area contributed by atoms with Crippen LogP contribution in [0.1, 0.15) is 25.8 Å². The second kappa shape index (κ2) is 7.58. The summed E-state index contributed by atoms with van der Waals surface area (Å²) in [6, 6.07) is 8.71. The molecule has 0 radical (unpaired) electrons. The maximum absolute atomic E-state index is 12.1. The Morgan fingerprint density at radius 1 is 1.30 bits per heavy atom. The molecule has 6 heteroatoms. The van der Waals surface area contributed by atoms with E-state index in [9.17, 15) is 14.7 Å². The molecule has 2 atom stereocenters. The molecule has 1 amide bonds. The molecule has 2 rings (SSSR count). The number of aromatic nitrogens is 2. The van der Waals surface area contributed by atoms with Crippen LogP contribution in [0.3, 0.4) is 0 Å². The SMILES string of the molecule is CCC(C)C(NC(=O)Cc1cnn(-c2ccccc2)c1)C(=O)O. The van der Waals surface area contributed by atoms with Crippen LogP contribution in [0.2, 0.25) is 0 Å². The molecular weight excluding hydrogens is 294 g/mol. The van der Waals surface area contributed by atoms with Crippen LogP contribution in [0.15, 0.2) is 42.7 Å². The Balaban J connectivity index is 2.01. The predicted octanol–water partition coefficient (Wildman–Crippen LogP) is 2.03. The molecule has 2 N–H and O–H groups in total. The fraction of sp³-hybridized carbons (Fsp3) is 0.353. The van der Waals surface area contributed by atoms with Crippen LogP contribution in [-0.4, -0.2) is 32.8 Å². The molecule has 0 aliphatic heterocycles. The van der Waals surface area contributed by atoms with E-state index in [1.54, 1.807) is 17.1 Å². The first-order valence-electron chi connectivity index (χ1n) is 7.62. The Bertz CT molecular complexity index is 667. The van der Waals surface area contributed by atoms with Crippen molar-refractivity contribution in [3.8, 4) is 5.69 Å². The van der Waals surface area contributed by atoms with Gasteiger partial charge in [0, 0.05) is 6.20 Å². The molecule has 1 aromatic heterocycles. The third-order valence-electron chi connectivity index (χ3n) is 3.82. The zero-order valence-electron chi connectivity index (χ0n) is 13.3. The van der Waals surface area contributed by atoms with Crippen molar-refractivity contribution >= 4 is 11.9 Å². The number of para-hydroxylation sites is 1. The highest BCUT2D eigenvalue weighted by Gasteiger charge is 2.25. The maximum Gasteiger partial charge on any atom is 0.326 e. The van der Waals surface area contributed by atoms with Crippen LogP contribution in [0, 0.1) is 5.92 Å². The summed E-state index contributed by atoms with van der Waals surface area (Å²) in [4.78, 5) is 23.3. The number of amides is 1. The third kappa shape index (κ3) is 4.42. The minimum absolute atomic E-state index is 0.104. The van der Waals surface area contributed by atoms with E-state index in [1.807, 2.05) is 44.2 Å². The largest absolute Gasteiger partial charge is 0.480 e. The molecule has 0 aliphatic rings. The van der Waals surface area contributed by atoms with Gasteiger partial charge in [0.15, 0.2) is 0 Å². The molecule has 0 saturated carbocycles. The van der Waals surface area contributed by atoms with Gasteiger partial charge in [-0.2, -0.15) is 5.10 Å². The van der Waals surface area contributed by atoms with Crippen molar-refractivity contribution < 1.29 is 14.7 Å². The normalized spacial score (nSPS) is 13.3. The standard InChI is InChI=1S/C17H21N3O3/c1-3-12(2)16(17(22)23)19-15(21)9-13-10-18-20(11-13)14-7-5-4-6-8-14/h4-8,10-12,16H,3,9H2,1-2H3,(H,19,21)(H,22,23). The van der Waals surface area contributed by atoms with Crippen LogP contribution < -0.4 is 5.32 Å². The first-order chi connectivity index (χ1) is 11.0. The van der Waals surface area contributed by atoms with Gasteiger partial charge in [-0.25, -0.2) is 9.48 Å². The van der Waals surface area contributed by atoms with Crippen LogP contribution in [-0.2, 0) is 16.0 Å². The van der Waals surface area contributed by atoms with E-state index in [0.29, 0.717) is 6.42 Å². The topological polar surface area (TPSA) is 84.2 Å². The number of hydrogen-bond acceptors (Lipinski definition) is 3. The number of carboxylic acid groups (broad SMARTS) is 1. The number of benzene rings is 1. The number of carbonyl (C=O) groups excluding carboxylic acids is 1. The Kier molecular flexibility index (Phi) is 5.51. The lowest BCUT2D eigenvalue weighted by atomic mass is 9.99. The van der Waals surface area contributed by atoms with Gasteiger partial charge in [-0.05, 0) is 23.6 Å². The molecule has 2 aromatic rings. The quantitative estimate of drug-likeness (QED) is 0.819. The summed E-state index contributed by atoms with van der Waals surface area (Å²) < 4.78 is 1.69. The van der Waals surface area contributed by atoms with E-state index in [0.717, 1.165) is 11.3 Å². The summed E-state index contributed by atoms with van der Waals surface area (Å²) in [5, 5.41) is 16.0. The smallest absolute Gasteiger partial charge is 0.326 e. The van der Waals surface area contributed by atoms with E-state index in [1.165, 1.54) is 0 Å². The minimum atomic E-state index is -1.01. The molecule has 1 aromatic carbocycles. The van der Waals surface area contributed by atoms with Gasteiger partial charge in [-0.1, -0.05) is 38.5 Å². The first kappa shape index (κ1) is 16.7. The molecule has 122 valence electrons. The molecular formula is C17H21N3O3. The number of carboxylic acids is 1. The molecule has 0 spiro atoms. The van der Waals surface area contributed by atoms with E-state index in [-0.39, 0.29) is 18.2 Å². The summed E-state index contributed by atoms with van der Waals surface area (Å²) in [7, 11) is 0. The van der Waals surface area contributed by atoms with E-state index in [2.05, 4.69) is 10.4 Å². The molecule has 0 bridgehead atoms. The van der Waals surface area contributed by atoms with Gasteiger partial charge >= 0.3 is 5.97 Å². The van der Waals surface area contributed by atoms with Gasteiger partial charge in [-0.15, -0.1) is 0 Å². The van der Waals surface area contributed by atoms with Gasteiger partial charge in [0.1, 0.15) is 6.04 Å². The van der Waals surface area contributed by atoms with Crippen LogP contribution in [0.25, 0.3) is 5.69 Å². The van der Waals surface area contributed by atoms with Crippen LogP contribution in [0.5, 0.6) is 0 Å². The summed E-state index contributed by atoms with van der Waals surface area (Å²) in [5.41, 5.74) is 1.64. The van der Waals surface area contributed by atoms with Crippen LogP contribution >= 0.6 is 0 Å². The van der Waals surface area contributed by atoms with Crippen molar-refractivity contribution in [2.24, 2.45) is 5.92 Å². The summed E-state index contributed by atoms with van der Waals surface area (Å²) in [6.07, 6.45) is 4.18. The Hall–Kier alpha value is -2.63. The number of hydrogen-bond donors (Lipinski definition) is 2. The van der Waals surface area contributed by atoms with Crippen molar-refractivity contribution in [1.29, 1.82) is 0 Å². The second-order valence-electron chi connectivity index (χ2n) is 5.57. The molecule has 1 heterocycles. The predicted molar refractivity (Wildman–Crippen MR) is 86.3 cm³/mol. The van der Waals surface area contributed by atoms with E-state index in [4.69, 9.17) is 0 Å². The lowest BCUT2D eigenvalue weighted by Crippen LogP contribution is -2.45. The van der Waals surface area contributed by atoms with Crippen molar-refractivity contribution in [3.63, 3.8) is 0 Å². The van der Waals surface area contributed by atoms with Gasteiger partial charge in [0.05, 0.1) is 18.3 Å². The van der Waals surface area contributed by atoms with E-state index < -0.39 is 12.0 Å². The molecule has 6 nitrogen and oxygen atoms in total. The number of aliphatic carboxylic acids is 1. The monoisotopic (exact) mass is 315 g/mol. The Morgan fingerprint density at radius 2 is 2.00 bits per heavy atom. The second-order valence-corrected chi connectivity index (χ2v) is 5.57. The highest BCUT2D eigenvalue weighted by atomic mass is 16.4. The number of carbonyl (C=O) groups is 2. The zero-order valence-corrected chi connectivity index (χ0v) is 13.3. The highest BCUT2D eigenvalue weighted by Crippen LogP contribution is 2.10.